The molecule has 1 aromatic carbocycles. The first-order valence-electron chi connectivity index (χ1n) is 10.6. The molecule has 1 aliphatic heterocycles. The van der Waals surface area contributed by atoms with E-state index < -0.39 is 0 Å². The smallest absolute Gasteiger partial charge is 0.251 e. The molecule has 0 saturated carbocycles. The molecule has 0 radical (unpaired) electrons. The molecule has 7 nitrogen and oxygen atoms in total. The Kier molecular flexibility index (Phi) is 8.20. The summed E-state index contributed by atoms with van der Waals surface area (Å²) in [6, 6.07) is 11.0. The second kappa shape index (κ2) is 11.3. The number of carbonyl (C=O) groups excluding carboxylic acids is 2. The monoisotopic (exact) mass is 410 g/mol. The summed E-state index contributed by atoms with van der Waals surface area (Å²) < 4.78 is 5.60. The van der Waals surface area contributed by atoms with Crippen molar-refractivity contribution in [2.45, 2.75) is 26.3 Å². The second-order valence-corrected chi connectivity index (χ2v) is 7.43. The topological polar surface area (TPSA) is 74.8 Å². The molecule has 0 spiro atoms. The van der Waals surface area contributed by atoms with Crippen molar-refractivity contribution < 1.29 is 14.3 Å². The van der Waals surface area contributed by atoms with Gasteiger partial charge in [-0.05, 0) is 42.3 Å². The number of aromatic nitrogens is 1. The van der Waals surface area contributed by atoms with Crippen LogP contribution in [0.5, 0.6) is 5.75 Å². The summed E-state index contributed by atoms with van der Waals surface area (Å²) in [5.41, 5.74) is 1.69. The van der Waals surface area contributed by atoms with Gasteiger partial charge in [0.2, 0.25) is 5.91 Å². The lowest BCUT2D eigenvalue weighted by Crippen LogP contribution is -2.50. The molecule has 0 unspecified atom stereocenters. The second-order valence-electron chi connectivity index (χ2n) is 7.43. The first-order valence-corrected chi connectivity index (χ1v) is 10.6. The summed E-state index contributed by atoms with van der Waals surface area (Å²) in [5, 5.41) is 2.73. The van der Waals surface area contributed by atoms with Crippen molar-refractivity contribution in [3.05, 3.63) is 59.9 Å². The number of nitrogens with one attached hydrogen (secondary N) is 1. The van der Waals surface area contributed by atoms with Gasteiger partial charge in [-0.3, -0.25) is 19.5 Å². The van der Waals surface area contributed by atoms with Gasteiger partial charge in [-0.15, -0.1) is 0 Å². The molecular formula is C23H30N4O3. The predicted octanol–water partition coefficient (Wildman–Crippen LogP) is 2.33. The van der Waals surface area contributed by atoms with Crippen LogP contribution in [0.4, 0.5) is 0 Å². The van der Waals surface area contributed by atoms with Crippen LogP contribution in [0.3, 0.4) is 0 Å². The summed E-state index contributed by atoms with van der Waals surface area (Å²) in [6.07, 6.45) is 5.72. The average Bonchev–Trinajstić information content (AvgIpc) is 2.79. The number of hydrogen-bond donors (Lipinski definition) is 1. The maximum Gasteiger partial charge on any atom is 0.251 e. The van der Waals surface area contributed by atoms with Crippen LogP contribution in [0.1, 0.15) is 35.7 Å². The fourth-order valence-electron chi connectivity index (χ4n) is 3.31. The minimum atomic E-state index is -0.251. The Morgan fingerprint density at radius 3 is 2.53 bits per heavy atom. The van der Waals surface area contributed by atoms with Gasteiger partial charge in [0.05, 0.1) is 13.2 Å². The van der Waals surface area contributed by atoms with Crippen LogP contribution < -0.4 is 10.1 Å². The van der Waals surface area contributed by atoms with Crippen molar-refractivity contribution >= 4 is 11.8 Å². The maximum absolute atomic E-state index is 12.5. The van der Waals surface area contributed by atoms with Gasteiger partial charge < -0.3 is 15.0 Å². The summed E-state index contributed by atoms with van der Waals surface area (Å²) in [4.78, 5) is 33.0. The molecule has 0 atom stereocenters. The van der Waals surface area contributed by atoms with Crippen LogP contribution in [0.25, 0.3) is 0 Å². The molecule has 160 valence electrons. The summed E-state index contributed by atoms with van der Waals surface area (Å²) in [7, 11) is 0. The summed E-state index contributed by atoms with van der Waals surface area (Å²) in [5.74, 6) is 0.447. The number of unbranched alkanes of at least 4 members (excludes halogenated alkanes) is 1. The van der Waals surface area contributed by atoms with E-state index >= 15 is 0 Å². The Hall–Kier alpha value is -2.93. The molecule has 3 rings (SSSR count). The quantitative estimate of drug-likeness (QED) is 0.643. The van der Waals surface area contributed by atoms with E-state index in [0.717, 1.165) is 38.2 Å². The predicted molar refractivity (Wildman–Crippen MR) is 115 cm³/mol. The van der Waals surface area contributed by atoms with Gasteiger partial charge in [-0.2, -0.15) is 0 Å². The van der Waals surface area contributed by atoms with Crippen LogP contribution in [0.15, 0.2) is 48.8 Å². The summed E-state index contributed by atoms with van der Waals surface area (Å²) >= 11 is 0. The third kappa shape index (κ3) is 6.56. The molecule has 0 bridgehead atoms. The summed E-state index contributed by atoms with van der Waals surface area (Å²) in [6.45, 7) is 6.59. The van der Waals surface area contributed by atoms with E-state index in [-0.39, 0.29) is 18.4 Å². The number of carbonyl (C=O) groups is 2. The molecule has 2 amide bonds. The van der Waals surface area contributed by atoms with Gasteiger partial charge in [0.15, 0.2) is 0 Å². The van der Waals surface area contributed by atoms with Crippen molar-refractivity contribution in [2.75, 3.05) is 39.3 Å². The normalized spacial score (nSPS) is 14.4. The lowest BCUT2D eigenvalue weighted by molar-refractivity contribution is -0.131. The molecule has 1 N–H and O–H groups in total. The van der Waals surface area contributed by atoms with E-state index in [1.165, 1.54) is 5.56 Å². The molecule has 1 saturated heterocycles. The van der Waals surface area contributed by atoms with Crippen LogP contribution in [0, 0.1) is 0 Å². The number of benzene rings is 1. The van der Waals surface area contributed by atoms with Gasteiger partial charge in [-0.25, -0.2) is 0 Å². The lowest BCUT2D eigenvalue weighted by atomic mass is 10.2. The largest absolute Gasteiger partial charge is 0.494 e. The molecule has 7 heteroatoms. The molecule has 1 fully saturated rings. The highest BCUT2D eigenvalue weighted by Gasteiger charge is 2.21. The zero-order chi connectivity index (χ0) is 21.2. The van der Waals surface area contributed by atoms with Gasteiger partial charge in [0, 0.05) is 50.7 Å². The van der Waals surface area contributed by atoms with Gasteiger partial charge in [-0.1, -0.05) is 19.4 Å². The van der Waals surface area contributed by atoms with Crippen molar-refractivity contribution in [2.24, 2.45) is 0 Å². The number of piperazine rings is 1. The zero-order valence-electron chi connectivity index (χ0n) is 17.5. The third-order valence-corrected chi connectivity index (χ3v) is 5.14. The van der Waals surface area contributed by atoms with E-state index in [2.05, 4.69) is 28.2 Å². The number of amides is 2. The van der Waals surface area contributed by atoms with Crippen molar-refractivity contribution in [3.8, 4) is 5.75 Å². The van der Waals surface area contributed by atoms with Gasteiger partial charge in [0.25, 0.3) is 5.91 Å². The fraction of sp³-hybridized carbons (Fsp3) is 0.435. The number of hydrogen-bond acceptors (Lipinski definition) is 5. The van der Waals surface area contributed by atoms with Crippen molar-refractivity contribution in [3.63, 3.8) is 0 Å². The Labute approximate surface area is 178 Å². The Bertz CT molecular complexity index is 803. The Morgan fingerprint density at radius 2 is 1.87 bits per heavy atom. The van der Waals surface area contributed by atoms with E-state index in [0.29, 0.717) is 25.3 Å². The molecule has 2 heterocycles. The van der Waals surface area contributed by atoms with Gasteiger partial charge in [0.1, 0.15) is 5.75 Å². The van der Waals surface area contributed by atoms with Gasteiger partial charge >= 0.3 is 0 Å². The molecule has 2 aromatic rings. The van der Waals surface area contributed by atoms with Crippen LogP contribution in [0.2, 0.25) is 0 Å². The van der Waals surface area contributed by atoms with E-state index in [1.807, 2.05) is 17.2 Å². The molecule has 1 aromatic heterocycles. The highest BCUT2D eigenvalue weighted by Crippen LogP contribution is 2.13. The minimum Gasteiger partial charge on any atom is -0.494 e. The van der Waals surface area contributed by atoms with Crippen LogP contribution in [-0.4, -0.2) is 65.9 Å². The molecule has 30 heavy (non-hydrogen) atoms. The molecule has 1 aliphatic rings. The Balaban J connectivity index is 1.38. The first-order chi connectivity index (χ1) is 14.7. The van der Waals surface area contributed by atoms with Crippen molar-refractivity contribution in [1.29, 1.82) is 0 Å². The standard InChI is InChI=1S/C23H30N4O3/c1-2-3-15-30-21-8-6-20(7-9-21)23(29)25-17-22(28)27-13-11-26(12-14-27)18-19-5-4-10-24-16-19/h4-10,16H,2-3,11-15,17-18H2,1H3,(H,25,29). The van der Waals surface area contributed by atoms with Crippen LogP contribution in [-0.2, 0) is 11.3 Å². The SMILES string of the molecule is CCCCOc1ccc(C(=O)NCC(=O)N2CCN(Cc3cccnc3)CC2)cc1. The van der Waals surface area contributed by atoms with Crippen LogP contribution >= 0.6 is 0 Å². The molecule has 0 aliphatic carbocycles. The minimum absolute atomic E-state index is 0.0101. The maximum atomic E-state index is 12.5. The highest BCUT2D eigenvalue weighted by molar-refractivity contribution is 5.96. The van der Waals surface area contributed by atoms with E-state index in [4.69, 9.17) is 4.74 Å². The third-order valence-electron chi connectivity index (χ3n) is 5.14. The fourth-order valence-corrected chi connectivity index (χ4v) is 3.31. The lowest BCUT2D eigenvalue weighted by Gasteiger charge is -2.34. The first kappa shape index (κ1) is 21.8. The zero-order valence-corrected chi connectivity index (χ0v) is 17.5. The highest BCUT2D eigenvalue weighted by atomic mass is 16.5. The number of ether oxygens (including phenoxy) is 1. The van der Waals surface area contributed by atoms with E-state index in [1.54, 1.807) is 30.5 Å². The number of nitrogens with zero attached hydrogens (tertiary/aromatic N) is 3. The number of pyridine rings is 1. The number of rotatable bonds is 9. The van der Waals surface area contributed by atoms with E-state index in [9.17, 15) is 9.59 Å². The average molecular weight is 411 g/mol. The molecular weight excluding hydrogens is 380 g/mol. The Morgan fingerprint density at radius 1 is 1.10 bits per heavy atom. The van der Waals surface area contributed by atoms with Crippen molar-refractivity contribution in [1.82, 2.24) is 20.1 Å².